The predicted molar refractivity (Wildman–Crippen MR) is 128 cm³/mol. The smallest absolute Gasteiger partial charge is 0.144 e. The van der Waals surface area contributed by atoms with Crippen LogP contribution in [-0.4, -0.2) is 22.3 Å². The molecule has 0 saturated heterocycles. The van der Waals surface area contributed by atoms with E-state index in [4.69, 9.17) is 9.73 Å². The molecular weight excluding hydrogens is 370 g/mol. The van der Waals surface area contributed by atoms with Crippen molar-refractivity contribution in [1.82, 2.24) is 9.97 Å². The van der Waals surface area contributed by atoms with E-state index in [0.717, 1.165) is 41.4 Å². The fourth-order valence-electron chi connectivity index (χ4n) is 3.74. The van der Waals surface area contributed by atoms with Crippen molar-refractivity contribution in [3.05, 3.63) is 60.6 Å². The first-order valence-electron chi connectivity index (χ1n) is 11.4. The second-order valence-corrected chi connectivity index (χ2v) is 7.79. The van der Waals surface area contributed by atoms with Crippen LogP contribution in [0.4, 0.5) is 0 Å². The molecule has 0 atom stereocenters. The van der Waals surface area contributed by atoms with Gasteiger partial charge < -0.3 is 14.7 Å². The van der Waals surface area contributed by atoms with Gasteiger partial charge in [-0.05, 0) is 63.0 Å². The Morgan fingerprint density at radius 1 is 1.03 bits per heavy atom. The highest BCUT2D eigenvalue weighted by atomic mass is 16.5. The molecule has 30 heavy (non-hydrogen) atoms. The van der Waals surface area contributed by atoms with Crippen LogP contribution in [0.15, 0.2) is 59.9 Å². The summed E-state index contributed by atoms with van der Waals surface area (Å²) in [4.78, 5) is 11.5. The van der Waals surface area contributed by atoms with Gasteiger partial charge in [0.15, 0.2) is 0 Å². The first-order chi connectivity index (χ1) is 14.8. The predicted octanol–water partition coefficient (Wildman–Crippen LogP) is 7.46. The summed E-state index contributed by atoms with van der Waals surface area (Å²) in [6.45, 7) is 6.42. The summed E-state index contributed by atoms with van der Waals surface area (Å²) in [6, 6.07) is 6.09. The molecule has 160 valence electrons. The first-order valence-corrected chi connectivity index (χ1v) is 11.4. The van der Waals surface area contributed by atoms with Gasteiger partial charge >= 0.3 is 0 Å². The Kier molecular flexibility index (Phi) is 8.82. The molecule has 0 fully saturated rings. The Hall–Kier alpha value is -2.75. The Labute approximate surface area is 180 Å². The minimum Gasteiger partial charge on any atom is -0.492 e. The standard InChI is InChI=1S/C26H35N3O/c1-3-5-6-7-8-9-10-11-12-14-21-16-17-22(28-21)19-25-26(30-4-2)20-24(29-25)23-15-13-18-27-23/h3,13,15-20,27,29H,1,4-12,14H2,2H3/b22-19+. The number of hydrogen-bond donors (Lipinski definition) is 2. The number of aromatic amines is 2. The number of ether oxygens (including phenoxy) is 1. The van der Waals surface area contributed by atoms with Gasteiger partial charge in [-0.15, -0.1) is 6.58 Å². The lowest BCUT2D eigenvalue weighted by Crippen LogP contribution is -1.92. The minimum atomic E-state index is 0.636. The van der Waals surface area contributed by atoms with E-state index in [2.05, 4.69) is 34.8 Å². The van der Waals surface area contributed by atoms with Gasteiger partial charge in [0.25, 0.3) is 0 Å². The van der Waals surface area contributed by atoms with Gasteiger partial charge in [0, 0.05) is 18.0 Å². The second kappa shape index (κ2) is 12.1. The van der Waals surface area contributed by atoms with E-state index in [-0.39, 0.29) is 0 Å². The fourth-order valence-corrected chi connectivity index (χ4v) is 3.74. The van der Waals surface area contributed by atoms with Crippen molar-refractivity contribution >= 4 is 11.8 Å². The summed E-state index contributed by atoms with van der Waals surface area (Å²) in [5.41, 5.74) is 5.19. The van der Waals surface area contributed by atoms with Crippen LogP contribution in [0, 0.1) is 0 Å². The highest BCUT2D eigenvalue weighted by Crippen LogP contribution is 2.29. The van der Waals surface area contributed by atoms with E-state index in [9.17, 15) is 0 Å². The van der Waals surface area contributed by atoms with Crippen LogP contribution in [0.25, 0.3) is 17.5 Å². The maximum absolute atomic E-state index is 5.82. The normalized spacial score (nSPS) is 14.4. The summed E-state index contributed by atoms with van der Waals surface area (Å²) in [6.07, 6.45) is 21.6. The largest absolute Gasteiger partial charge is 0.492 e. The molecule has 2 aromatic rings. The van der Waals surface area contributed by atoms with Gasteiger partial charge in [0.2, 0.25) is 0 Å². The number of aliphatic imine (C=N–C) groups is 1. The molecule has 0 aliphatic carbocycles. The molecule has 3 heterocycles. The lowest BCUT2D eigenvalue weighted by molar-refractivity contribution is 0.340. The summed E-state index contributed by atoms with van der Waals surface area (Å²) < 4.78 is 5.82. The maximum atomic E-state index is 5.82. The topological polar surface area (TPSA) is 53.2 Å². The zero-order chi connectivity index (χ0) is 21.0. The molecule has 1 aliphatic rings. The van der Waals surface area contributed by atoms with Crippen molar-refractivity contribution < 1.29 is 4.74 Å². The van der Waals surface area contributed by atoms with E-state index in [1.807, 2.05) is 37.4 Å². The van der Waals surface area contributed by atoms with E-state index in [1.165, 1.54) is 50.7 Å². The monoisotopic (exact) mass is 405 g/mol. The molecule has 0 bridgehead atoms. The zero-order valence-corrected chi connectivity index (χ0v) is 18.3. The molecule has 0 spiro atoms. The highest BCUT2D eigenvalue weighted by molar-refractivity contribution is 5.99. The van der Waals surface area contributed by atoms with Crippen molar-refractivity contribution in [1.29, 1.82) is 0 Å². The number of nitrogens with zero attached hydrogens (tertiary/aromatic N) is 1. The molecule has 0 amide bonds. The Morgan fingerprint density at radius 3 is 2.57 bits per heavy atom. The summed E-state index contributed by atoms with van der Waals surface area (Å²) in [5, 5.41) is 0. The molecule has 4 heteroatoms. The van der Waals surface area contributed by atoms with Crippen LogP contribution in [0.2, 0.25) is 0 Å². The number of nitrogens with one attached hydrogen (secondary N) is 2. The van der Waals surface area contributed by atoms with Crippen LogP contribution in [0.1, 0.15) is 70.4 Å². The second-order valence-electron chi connectivity index (χ2n) is 7.79. The summed E-state index contributed by atoms with van der Waals surface area (Å²) in [7, 11) is 0. The van der Waals surface area contributed by atoms with Crippen LogP contribution in [0.3, 0.4) is 0 Å². The quantitative estimate of drug-likeness (QED) is 0.249. The number of H-pyrrole nitrogens is 2. The summed E-state index contributed by atoms with van der Waals surface area (Å²) >= 11 is 0. The SMILES string of the molecule is C=CCCCCCCCCCC1=N/C(=C/c2[nH]c(-c3ccc[nH]3)cc2OCC)C=C1. The van der Waals surface area contributed by atoms with Gasteiger partial charge in [0.1, 0.15) is 5.75 Å². The van der Waals surface area contributed by atoms with Crippen LogP contribution in [0.5, 0.6) is 5.75 Å². The number of aromatic nitrogens is 2. The average molecular weight is 406 g/mol. The van der Waals surface area contributed by atoms with Crippen molar-refractivity contribution in [2.45, 2.75) is 64.7 Å². The third-order valence-electron chi connectivity index (χ3n) is 5.35. The molecule has 0 unspecified atom stereocenters. The van der Waals surface area contributed by atoms with Crippen LogP contribution in [-0.2, 0) is 0 Å². The molecule has 3 rings (SSSR count). The van der Waals surface area contributed by atoms with Gasteiger partial charge in [-0.25, -0.2) is 0 Å². The molecule has 0 aromatic carbocycles. The molecule has 0 radical (unpaired) electrons. The molecule has 4 nitrogen and oxygen atoms in total. The van der Waals surface area contributed by atoms with E-state index in [1.54, 1.807) is 0 Å². The van der Waals surface area contributed by atoms with Gasteiger partial charge in [0.05, 0.1) is 29.4 Å². The molecule has 2 aromatic heterocycles. The van der Waals surface area contributed by atoms with Crippen LogP contribution >= 0.6 is 0 Å². The third kappa shape index (κ3) is 6.65. The lowest BCUT2D eigenvalue weighted by Gasteiger charge is -2.02. The molecule has 2 N–H and O–H groups in total. The van der Waals surface area contributed by atoms with Gasteiger partial charge in [-0.3, -0.25) is 4.99 Å². The molecule has 1 aliphatic heterocycles. The zero-order valence-electron chi connectivity index (χ0n) is 18.3. The minimum absolute atomic E-state index is 0.636. The van der Waals surface area contributed by atoms with E-state index in [0.29, 0.717) is 6.61 Å². The number of unbranched alkanes of at least 4 members (excludes halogenated alkanes) is 7. The Balaban J connectivity index is 1.48. The van der Waals surface area contributed by atoms with E-state index < -0.39 is 0 Å². The third-order valence-corrected chi connectivity index (χ3v) is 5.35. The number of rotatable bonds is 14. The number of allylic oxidation sites excluding steroid dienone is 3. The fraction of sp³-hybridized carbons (Fsp3) is 0.423. The Morgan fingerprint density at radius 2 is 1.83 bits per heavy atom. The van der Waals surface area contributed by atoms with Crippen molar-refractivity contribution in [2.75, 3.05) is 6.61 Å². The number of hydrogen-bond acceptors (Lipinski definition) is 2. The van der Waals surface area contributed by atoms with Gasteiger partial charge in [-0.2, -0.15) is 0 Å². The van der Waals surface area contributed by atoms with Crippen molar-refractivity contribution in [3.63, 3.8) is 0 Å². The van der Waals surface area contributed by atoms with Gasteiger partial charge in [-0.1, -0.05) is 38.2 Å². The maximum Gasteiger partial charge on any atom is 0.144 e. The molecular formula is C26H35N3O. The van der Waals surface area contributed by atoms with Crippen LogP contribution < -0.4 is 4.74 Å². The first kappa shape index (κ1) is 21.9. The summed E-state index contributed by atoms with van der Waals surface area (Å²) in [5.74, 6) is 0.861. The lowest BCUT2D eigenvalue weighted by atomic mass is 10.1. The Bertz CT molecular complexity index is 868. The van der Waals surface area contributed by atoms with Crippen molar-refractivity contribution in [2.24, 2.45) is 4.99 Å². The average Bonchev–Trinajstić information content (AvgIpc) is 3.49. The van der Waals surface area contributed by atoms with E-state index >= 15 is 0 Å². The molecule has 0 saturated carbocycles. The van der Waals surface area contributed by atoms with Crippen molar-refractivity contribution in [3.8, 4) is 17.1 Å². The highest BCUT2D eigenvalue weighted by Gasteiger charge is 2.12.